The highest BCUT2D eigenvalue weighted by molar-refractivity contribution is 14.0. The van der Waals surface area contributed by atoms with Crippen molar-refractivity contribution >= 4 is 29.9 Å². The summed E-state index contributed by atoms with van der Waals surface area (Å²) in [7, 11) is 1.83. The van der Waals surface area contributed by atoms with Crippen LogP contribution in [0.2, 0.25) is 0 Å². The van der Waals surface area contributed by atoms with Gasteiger partial charge in [-0.3, -0.25) is 4.99 Å². The highest BCUT2D eigenvalue weighted by Crippen LogP contribution is 2.19. The molecule has 6 heteroatoms. The topological polar surface area (TPSA) is 54.2 Å². The van der Waals surface area contributed by atoms with Crippen LogP contribution in [-0.2, 0) is 13.1 Å². The van der Waals surface area contributed by atoms with Gasteiger partial charge in [-0.15, -0.1) is 24.0 Å². The predicted molar refractivity (Wildman–Crippen MR) is 127 cm³/mol. The SMILES string of the molecule is CN=C(NCCC1=CCCCC1)NCc1cccc(Cn2ccnc2C)c1.I. The number of aromatic nitrogens is 2. The zero-order valence-electron chi connectivity index (χ0n) is 16.9. The maximum atomic E-state index is 4.34. The molecule has 1 heterocycles. The molecule has 0 amide bonds. The van der Waals surface area contributed by atoms with E-state index in [9.17, 15) is 0 Å². The number of imidazole rings is 1. The van der Waals surface area contributed by atoms with E-state index in [-0.39, 0.29) is 24.0 Å². The summed E-state index contributed by atoms with van der Waals surface area (Å²) in [5.41, 5.74) is 4.12. The van der Waals surface area contributed by atoms with Gasteiger partial charge in [0, 0.05) is 39.1 Å². The smallest absolute Gasteiger partial charge is 0.191 e. The molecule has 0 spiro atoms. The van der Waals surface area contributed by atoms with Crippen LogP contribution in [0.25, 0.3) is 0 Å². The Labute approximate surface area is 185 Å². The van der Waals surface area contributed by atoms with Gasteiger partial charge in [0.15, 0.2) is 5.96 Å². The van der Waals surface area contributed by atoms with E-state index in [0.717, 1.165) is 37.8 Å². The lowest BCUT2D eigenvalue weighted by molar-refractivity contribution is 0.665. The molecular weight excluding hydrogens is 461 g/mol. The van der Waals surface area contributed by atoms with Crippen molar-refractivity contribution < 1.29 is 0 Å². The van der Waals surface area contributed by atoms with Crippen molar-refractivity contribution in [3.8, 4) is 0 Å². The molecule has 2 aromatic rings. The first kappa shape index (κ1) is 22.5. The van der Waals surface area contributed by atoms with Crippen molar-refractivity contribution in [2.75, 3.05) is 13.6 Å². The predicted octanol–water partition coefficient (Wildman–Crippen LogP) is 4.41. The number of hydrogen-bond donors (Lipinski definition) is 2. The molecule has 0 atom stereocenters. The van der Waals surface area contributed by atoms with Crippen LogP contribution >= 0.6 is 24.0 Å². The Morgan fingerprint density at radius 3 is 2.79 bits per heavy atom. The van der Waals surface area contributed by atoms with Crippen LogP contribution in [-0.4, -0.2) is 29.1 Å². The Balaban J connectivity index is 0.00000280. The summed E-state index contributed by atoms with van der Waals surface area (Å²) in [6.07, 6.45) is 12.6. The van der Waals surface area contributed by atoms with Gasteiger partial charge in [-0.25, -0.2) is 4.98 Å². The number of nitrogens with zero attached hydrogens (tertiary/aromatic N) is 3. The minimum absolute atomic E-state index is 0. The van der Waals surface area contributed by atoms with Crippen LogP contribution < -0.4 is 10.6 Å². The zero-order chi connectivity index (χ0) is 18.9. The number of guanidine groups is 1. The van der Waals surface area contributed by atoms with E-state index < -0.39 is 0 Å². The van der Waals surface area contributed by atoms with Gasteiger partial charge in [0.05, 0.1) is 0 Å². The molecule has 152 valence electrons. The van der Waals surface area contributed by atoms with E-state index in [1.807, 2.05) is 26.4 Å². The molecule has 0 saturated heterocycles. The average Bonchev–Trinajstić information content (AvgIpc) is 3.10. The van der Waals surface area contributed by atoms with E-state index in [1.165, 1.54) is 36.8 Å². The Morgan fingerprint density at radius 1 is 1.21 bits per heavy atom. The number of aryl methyl sites for hydroxylation is 1. The maximum Gasteiger partial charge on any atom is 0.191 e. The molecule has 0 bridgehead atoms. The number of rotatable bonds is 7. The standard InChI is InChI=1S/C22H31N5.HI/c1-18-24-13-14-27(18)17-21-10-6-9-20(15-21)16-26-22(23-2)25-12-11-19-7-4-3-5-8-19;/h6-7,9-10,13-15H,3-5,8,11-12,16-17H2,1-2H3,(H2,23,25,26);1H. The second-order valence-corrected chi connectivity index (χ2v) is 7.13. The van der Waals surface area contributed by atoms with Crippen LogP contribution in [0, 0.1) is 6.92 Å². The zero-order valence-corrected chi connectivity index (χ0v) is 19.3. The number of aliphatic imine (C=N–C) groups is 1. The van der Waals surface area contributed by atoms with E-state index in [4.69, 9.17) is 0 Å². The fraction of sp³-hybridized carbons (Fsp3) is 0.455. The van der Waals surface area contributed by atoms with Gasteiger partial charge in [0.25, 0.3) is 0 Å². The average molecular weight is 493 g/mol. The van der Waals surface area contributed by atoms with Gasteiger partial charge in [-0.1, -0.05) is 35.9 Å². The van der Waals surface area contributed by atoms with E-state index in [2.05, 4.69) is 55.5 Å². The third-order valence-electron chi connectivity index (χ3n) is 5.08. The van der Waals surface area contributed by atoms with Gasteiger partial charge in [0.1, 0.15) is 5.82 Å². The quantitative estimate of drug-likeness (QED) is 0.260. The molecule has 2 N–H and O–H groups in total. The van der Waals surface area contributed by atoms with Gasteiger partial charge in [-0.05, 0) is 50.2 Å². The molecule has 28 heavy (non-hydrogen) atoms. The molecule has 1 aliphatic rings. The summed E-state index contributed by atoms with van der Waals surface area (Å²) < 4.78 is 2.16. The van der Waals surface area contributed by atoms with Crippen molar-refractivity contribution in [3.05, 3.63) is 65.3 Å². The van der Waals surface area contributed by atoms with Crippen molar-refractivity contribution in [1.29, 1.82) is 0 Å². The largest absolute Gasteiger partial charge is 0.356 e. The number of hydrogen-bond acceptors (Lipinski definition) is 2. The van der Waals surface area contributed by atoms with Gasteiger partial charge in [-0.2, -0.15) is 0 Å². The van der Waals surface area contributed by atoms with Gasteiger partial charge < -0.3 is 15.2 Å². The summed E-state index contributed by atoms with van der Waals surface area (Å²) in [6.45, 7) is 4.58. The molecular formula is C22H32IN5. The number of halogens is 1. The van der Waals surface area contributed by atoms with Crippen LogP contribution in [0.4, 0.5) is 0 Å². The van der Waals surface area contributed by atoms with Crippen molar-refractivity contribution in [1.82, 2.24) is 20.2 Å². The van der Waals surface area contributed by atoms with Crippen molar-refractivity contribution in [3.63, 3.8) is 0 Å². The van der Waals surface area contributed by atoms with Crippen LogP contribution in [0.1, 0.15) is 49.1 Å². The van der Waals surface area contributed by atoms with Gasteiger partial charge >= 0.3 is 0 Å². The summed E-state index contributed by atoms with van der Waals surface area (Å²) in [5, 5.41) is 6.85. The van der Waals surface area contributed by atoms with Gasteiger partial charge in [0.2, 0.25) is 0 Å². The molecule has 0 aliphatic heterocycles. The molecule has 0 unspecified atom stereocenters. The number of allylic oxidation sites excluding steroid dienone is 1. The van der Waals surface area contributed by atoms with E-state index in [0.29, 0.717) is 0 Å². The second-order valence-electron chi connectivity index (χ2n) is 7.13. The first-order valence-electron chi connectivity index (χ1n) is 9.92. The Bertz CT molecular complexity index is 794. The molecule has 5 nitrogen and oxygen atoms in total. The van der Waals surface area contributed by atoms with Crippen LogP contribution in [0.3, 0.4) is 0 Å². The highest BCUT2D eigenvalue weighted by atomic mass is 127. The Hall–Kier alpha value is -1.83. The maximum absolute atomic E-state index is 4.34. The fourth-order valence-corrected chi connectivity index (χ4v) is 3.49. The molecule has 0 fully saturated rings. The molecule has 0 saturated carbocycles. The Kier molecular flexibility index (Phi) is 9.54. The fourth-order valence-electron chi connectivity index (χ4n) is 3.49. The molecule has 0 radical (unpaired) electrons. The third-order valence-corrected chi connectivity index (χ3v) is 5.08. The van der Waals surface area contributed by atoms with Crippen LogP contribution in [0.5, 0.6) is 0 Å². The van der Waals surface area contributed by atoms with Crippen molar-refractivity contribution in [2.24, 2.45) is 4.99 Å². The third kappa shape index (κ3) is 6.96. The molecule has 1 aromatic heterocycles. The molecule has 3 rings (SSSR count). The lowest BCUT2D eigenvalue weighted by Gasteiger charge is -2.15. The molecule has 1 aliphatic carbocycles. The van der Waals surface area contributed by atoms with Crippen LogP contribution in [0.15, 0.2) is 53.3 Å². The summed E-state index contributed by atoms with van der Waals surface area (Å²) in [6, 6.07) is 8.67. The first-order valence-corrected chi connectivity index (χ1v) is 9.92. The minimum atomic E-state index is 0. The first-order chi connectivity index (χ1) is 13.2. The minimum Gasteiger partial charge on any atom is -0.356 e. The summed E-state index contributed by atoms with van der Waals surface area (Å²) in [5.74, 6) is 1.90. The Morgan fingerprint density at radius 2 is 2.07 bits per heavy atom. The lowest BCUT2D eigenvalue weighted by atomic mass is 9.97. The normalized spacial score (nSPS) is 14.2. The summed E-state index contributed by atoms with van der Waals surface area (Å²) in [4.78, 5) is 8.63. The van der Waals surface area contributed by atoms with Crippen molar-refractivity contribution in [2.45, 2.75) is 52.1 Å². The number of benzene rings is 1. The van der Waals surface area contributed by atoms with E-state index >= 15 is 0 Å². The molecule has 1 aromatic carbocycles. The second kappa shape index (κ2) is 11.9. The summed E-state index contributed by atoms with van der Waals surface area (Å²) >= 11 is 0. The monoisotopic (exact) mass is 493 g/mol. The lowest BCUT2D eigenvalue weighted by Crippen LogP contribution is -2.37. The van der Waals surface area contributed by atoms with E-state index in [1.54, 1.807) is 5.57 Å². The number of nitrogens with one attached hydrogen (secondary N) is 2. The highest BCUT2D eigenvalue weighted by Gasteiger charge is 2.05.